The minimum Gasteiger partial charge on any atom is -0.497 e. The average Bonchev–Trinajstić information content (AvgIpc) is 2.65. The lowest BCUT2D eigenvalue weighted by Crippen LogP contribution is -2.31. The van der Waals surface area contributed by atoms with E-state index in [1.807, 2.05) is 0 Å². The second-order valence-electron chi connectivity index (χ2n) is 5.09. The Labute approximate surface area is 148 Å². The predicted molar refractivity (Wildman–Crippen MR) is 99.9 cm³/mol. The molecule has 0 unspecified atom stereocenters. The van der Waals surface area contributed by atoms with Crippen LogP contribution in [0.15, 0.2) is 78.7 Å². The molecule has 0 fully saturated rings. The lowest BCUT2D eigenvalue weighted by atomic mass is 10.3. The molecule has 0 radical (unpaired) electrons. The Morgan fingerprint density at radius 1 is 0.960 bits per heavy atom. The van der Waals surface area contributed by atoms with Gasteiger partial charge in [-0.25, -0.2) is 8.42 Å². The van der Waals surface area contributed by atoms with Crippen LogP contribution >= 0.6 is 0 Å². The molecule has 0 atom stereocenters. The van der Waals surface area contributed by atoms with E-state index in [0.29, 0.717) is 23.8 Å². The van der Waals surface area contributed by atoms with Crippen molar-refractivity contribution < 1.29 is 17.9 Å². The van der Waals surface area contributed by atoms with Gasteiger partial charge in [-0.2, -0.15) is 0 Å². The van der Waals surface area contributed by atoms with E-state index in [0.717, 1.165) is 0 Å². The van der Waals surface area contributed by atoms with Crippen LogP contribution in [0, 0.1) is 0 Å². The van der Waals surface area contributed by atoms with Crippen molar-refractivity contribution in [3.8, 4) is 11.5 Å². The van der Waals surface area contributed by atoms with E-state index in [1.165, 1.54) is 23.5 Å². The zero-order valence-corrected chi connectivity index (χ0v) is 14.9. The number of hydrogen-bond acceptors (Lipinski definition) is 4. The molecule has 0 N–H and O–H groups in total. The largest absolute Gasteiger partial charge is 0.497 e. The summed E-state index contributed by atoms with van der Waals surface area (Å²) in [6, 6.07) is 13.1. The monoisotopic (exact) mass is 359 g/mol. The van der Waals surface area contributed by atoms with Crippen LogP contribution in [0.4, 0.5) is 5.69 Å². The van der Waals surface area contributed by atoms with Crippen LogP contribution in [0.1, 0.15) is 0 Å². The summed E-state index contributed by atoms with van der Waals surface area (Å²) in [5, 5.41) is 0. The van der Waals surface area contributed by atoms with Crippen molar-refractivity contribution >= 4 is 15.7 Å². The highest BCUT2D eigenvalue weighted by molar-refractivity contribution is 7.92. The van der Waals surface area contributed by atoms with Crippen molar-refractivity contribution in [1.82, 2.24) is 0 Å². The van der Waals surface area contributed by atoms with E-state index < -0.39 is 10.0 Å². The van der Waals surface area contributed by atoms with E-state index in [-0.39, 0.29) is 11.4 Å². The molecule has 0 bridgehead atoms. The average molecular weight is 359 g/mol. The maximum Gasteiger partial charge on any atom is 0.264 e. The third-order valence-corrected chi connectivity index (χ3v) is 5.24. The Bertz CT molecular complexity index is 812. The maximum atomic E-state index is 13.0. The Kier molecular flexibility index (Phi) is 6.25. The van der Waals surface area contributed by atoms with Gasteiger partial charge in [0.1, 0.15) is 18.1 Å². The minimum atomic E-state index is -3.72. The summed E-state index contributed by atoms with van der Waals surface area (Å²) in [6.45, 7) is 7.79. The molecule has 0 aliphatic rings. The van der Waals surface area contributed by atoms with Gasteiger partial charge in [0, 0.05) is 0 Å². The highest BCUT2D eigenvalue weighted by atomic mass is 32.2. The summed E-state index contributed by atoms with van der Waals surface area (Å²) in [5.74, 6) is 1.24. The van der Waals surface area contributed by atoms with Crippen molar-refractivity contribution in [3.05, 3.63) is 73.8 Å². The molecule has 0 aliphatic carbocycles. The summed E-state index contributed by atoms with van der Waals surface area (Å²) < 4.78 is 37.7. The summed E-state index contributed by atoms with van der Waals surface area (Å²) in [5.41, 5.74) is 0.529. The zero-order chi connectivity index (χ0) is 18.3. The molecule has 0 aliphatic heterocycles. The molecule has 0 saturated carbocycles. The van der Waals surface area contributed by atoms with Crippen LogP contribution in [0.3, 0.4) is 0 Å². The normalized spacial score (nSPS) is 10.8. The van der Waals surface area contributed by atoms with Crippen LogP contribution in [0.5, 0.6) is 11.5 Å². The number of hydrogen-bond donors (Lipinski definition) is 0. The van der Waals surface area contributed by atoms with E-state index in [4.69, 9.17) is 9.47 Å². The Hall–Kier alpha value is -2.73. The number of methoxy groups -OCH3 is 1. The van der Waals surface area contributed by atoms with E-state index in [1.54, 1.807) is 48.6 Å². The molecule has 0 aromatic heterocycles. The molecule has 2 rings (SSSR count). The summed E-state index contributed by atoms with van der Waals surface area (Å²) in [7, 11) is -2.19. The fourth-order valence-corrected chi connectivity index (χ4v) is 3.63. The first-order valence-electron chi connectivity index (χ1n) is 7.64. The third kappa shape index (κ3) is 4.42. The van der Waals surface area contributed by atoms with Crippen molar-refractivity contribution in [2.75, 3.05) is 24.6 Å². The zero-order valence-electron chi connectivity index (χ0n) is 14.1. The van der Waals surface area contributed by atoms with Gasteiger partial charge in [-0.3, -0.25) is 4.31 Å². The number of ether oxygens (including phenoxy) is 2. The highest BCUT2D eigenvalue weighted by Crippen LogP contribution is 2.26. The van der Waals surface area contributed by atoms with Crippen LogP contribution in [0.2, 0.25) is 0 Å². The van der Waals surface area contributed by atoms with Gasteiger partial charge >= 0.3 is 0 Å². The Morgan fingerprint density at radius 3 is 2.08 bits per heavy atom. The van der Waals surface area contributed by atoms with Gasteiger partial charge in [-0.15, -0.1) is 6.58 Å². The first kappa shape index (κ1) is 18.6. The second kappa shape index (κ2) is 8.39. The molecule has 0 saturated heterocycles. The molecule has 0 heterocycles. The van der Waals surface area contributed by atoms with Crippen LogP contribution < -0.4 is 13.8 Å². The number of rotatable bonds is 9. The van der Waals surface area contributed by atoms with E-state index >= 15 is 0 Å². The van der Waals surface area contributed by atoms with Crippen LogP contribution in [-0.2, 0) is 10.0 Å². The van der Waals surface area contributed by atoms with Crippen molar-refractivity contribution in [2.24, 2.45) is 0 Å². The molecule has 6 heteroatoms. The molecule has 0 spiro atoms. The molecule has 25 heavy (non-hydrogen) atoms. The molecule has 2 aromatic rings. The van der Waals surface area contributed by atoms with Gasteiger partial charge in [-0.1, -0.05) is 18.7 Å². The quantitative estimate of drug-likeness (QED) is 0.642. The number of anilines is 1. The highest BCUT2D eigenvalue weighted by Gasteiger charge is 2.24. The van der Waals surface area contributed by atoms with Gasteiger partial charge in [0.25, 0.3) is 10.0 Å². The standard InChI is InChI=1S/C19H21NO4S/c1-4-14-20(16-6-8-18(9-7-16)24-15-5-2)25(21,22)19-12-10-17(23-3)11-13-19/h4-13H,1-2,14-15H2,3H3. The minimum absolute atomic E-state index is 0.154. The fourth-order valence-electron chi connectivity index (χ4n) is 2.20. The number of sulfonamides is 1. The van der Waals surface area contributed by atoms with Gasteiger partial charge in [0.2, 0.25) is 0 Å². The second-order valence-corrected chi connectivity index (χ2v) is 6.96. The lowest BCUT2D eigenvalue weighted by molar-refractivity contribution is 0.363. The number of benzene rings is 2. The van der Waals surface area contributed by atoms with E-state index in [2.05, 4.69) is 13.2 Å². The van der Waals surface area contributed by atoms with E-state index in [9.17, 15) is 8.42 Å². The molecular formula is C19H21NO4S. The van der Waals surface area contributed by atoms with Gasteiger partial charge in [-0.05, 0) is 48.5 Å². The molecule has 132 valence electrons. The summed E-state index contributed by atoms with van der Waals surface area (Å²) in [4.78, 5) is 0.183. The van der Waals surface area contributed by atoms with Gasteiger partial charge in [0.05, 0.1) is 24.2 Å². The maximum absolute atomic E-state index is 13.0. The van der Waals surface area contributed by atoms with Crippen LogP contribution in [-0.4, -0.2) is 28.7 Å². The lowest BCUT2D eigenvalue weighted by Gasteiger charge is -2.23. The van der Waals surface area contributed by atoms with Crippen molar-refractivity contribution in [2.45, 2.75) is 4.90 Å². The predicted octanol–water partition coefficient (Wildman–Crippen LogP) is 3.64. The topological polar surface area (TPSA) is 55.8 Å². The fraction of sp³-hybridized carbons (Fsp3) is 0.158. The van der Waals surface area contributed by atoms with Crippen molar-refractivity contribution in [1.29, 1.82) is 0 Å². The molecule has 0 amide bonds. The first-order valence-corrected chi connectivity index (χ1v) is 9.08. The first-order chi connectivity index (χ1) is 12.0. The Balaban J connectivity index is 2.34. The summed E-state index contributed by atoms with van der Waals surface area (Å²) >= 11 is 0. The molecular weight excluding hydrogens is 338 g/mol. The SMILES string of the molecule is C=CCOc1ccc(N(CC=C)S(=O)(=O)c2ccc(OC)cc2)cc1. The van der Waals surface area contributed by atoms with Gasteiger partial charge < -0.3 is 9.47 Å². The summed E-state index contributed by atoms with van der Waals surface area (Å²) in [6.07, 6.45) is 3.19. The van der Waals surface area contributed by atoms with Crippen LogP contribution in [0.25, 0.3) is 0 Å². The van der Waals surface area contributed by atoms with Crippen molar-refractivity contribution in [3.63, 3.8) is 0 Å². The smallest absolute Gasteiger partial charge is 0.264 e. The molecule has 2 aromatic carbocycles. The molecule has 5 nitrogen and oxygen atoms in total. The Morgan fingerprint density at radius 2 is 1.56 bits per heavy atom. The van der Waals surface area contributed by atoms with Gasteiger partial charge in [0.15, 0.2) is 0 Å². The third-order valence-electron chi connectivity index (χ3n) is 3.43. The number of nitrogens with zero attached hydrogens (tertiary/aromatic N) is 1.